The number of fused-ring (bicyclic) bond motifs is 2. The molecule has 1 saturated heterocycles. The summed E-state index contributed by atoms with van der Waals surface area (Å²) in [5.74, 6) is 6.78. The number of nitrogens with two attached hydrogens (primary N) is 1. The Balaban J connectivity index is 0.00000274. The normalized spacial score (nSPS) is 15.7. The predicted octanol–water partition coefficient (Wildman–Crippen LogP) is 3.93. The highest BCUT2D eigenvalue weighted by molar-refractivity contribution is 9.10. The molecule has 0 amide bonds. The molecule has 34 heavy (non-hydrogen) atoms. The van der Waals surface area contributed by atoms with Crippen molar-refractivity contribution in [2.45, 2.75) is 38.9 Å². The van der Waals surface area contributed by atoms with Crippen molar-refractivity contribution in [1.82, 2.24) is 19.3 Å². The average Bonchev–Trinajstić information content (AvgIpc) is 3.20. The maximum atomic E-state index is 13.6. The van der Waals surface area contributed by atoms with E-state index in [1.807, 2.05) is 28.8 Å². The van der Waals surface area contributed by atoms with Gasteiger partial charge in [0.15, 0.2) is 0 Å². The maximum Gasteiger partial charge on any atom is 0.293 e. The Labute approximate surface area is 212 Å². The maximum absolute atomic E-state index is 13.6. The Morgan fingerprint density at radius 1 is 1.21 bits per heavy atom. The van der Waals surface area contributed by atoms with Crippen molar-refractivity contribution in [2.24, 2.45) is 5.73 Å². The van der Waals surface area contributed by atoms with Crippen LogP contribution in [0.15, 0.2) is 51.9 Å². The van der Waals surface area contributed by atoms with Gasteiger partial charge in [-0.25, -0.2) is 9.67 Å². The number of hydrogen-bond donors (Lipinski definition) is 1. The van der Waals surface area contributed by atoms with Crippen LogP contribution < -0.4 is 16.2 Å². The molecule has 0 unspecified atom stereocenters. The standard InChI is InChI=1S/C25H25BrN6O.ClH/c1-2-3-13-31-23-22(29-25(31)30-12-6-7-18(27)16-30)14-28-32(24(23)33)15-17-10-11-21(26)20-9-5-4-8-19(17)20;/h4-5,8-11,14,18H,6-7,12-13,15-16,27H2,1H3;1H/t18-;/m1./s1. The summed E-state index contributed by atoms with van der Waals surface area (Å²) in [5, 5.41) is 6.66. The predicted molar refractivity (Wildman–Crippen MR) is 143 cm³/mol. The van der Waals surface area contributed by atoms with Crippen molar-refractivity contribution in [2.75, 3.05) is 18.0 Å². The first-order valence-electron chi connectivity index (χ1n) is 11.1. The van der Waals surface area contributed by atoms with Gasteiger partial charge in [-0.3, -0.25) is 9.36 Å². The lowest BCUT2D eigenvalue weighted by Crippen LogP contribution is -2.44. The molecule has 0 radical (unpaired) electrons. The molecule has 5 rings (SSSR count). The fraction of sp³-hybridized carbons (Fsp3) is 0.320. The Morgan fingerprint density at radius 2 is 2.00 bits per heavy atom. The summed E-state index contributed by atoms with van der Waals surface area (Å²) in [6.07, 6.45) is 3.69. The lowest BCUT2D eigenvalue weighted by molar-refractivity contribution is 0.496. The summed E-state index contributed by atoms with van der Waals surface area (Å²) in [5.41, 5.74) is 8.20. The third-order valence-electron chi connectivity index (χ3n) is 6.17. The summed E-state index contributed by atoms with van der Waals surface area (Å²) in [6.45, 7) is 4.15. The molecule has 176 valence electrons. The molecule has 0 spiro atoms. The minimum absolute atomic E-state index is 0. The lowest BCUT2D eigenvalue weighted by atomic mass is 10.0. The molecular weight excluding hydrogens is 516 g/mol. The topological polar surface area (TPSA) is 82.0 Å². The van der Waals surface area contributed by atoms with Gasteiger partial charge < -0.3 is 10.6 Å². The molecule has 3 heterocycles. The second-order valence-corrected chi connectivity index (χ2v) is 9.22. The van der Waals surface area contributed by atoms with Crippen molar-refractivity contribution in [3.8, 4) is 11.8 Å². The van der Waals surface area contributed by atoms with Gasteiger partial charge in [-0.05, 0) is 42.2 Å². The van der Waals surface area contributed by atoms with Crippen molar-refractivity contribution < 1.29 is 0 Å². The first-order valence-corrected chi connectivity index (χ1v) is 11.9. The highest BCUT2D eigenvalue weighted by atomic mass is 79.9. The molecule has 1 aliphatic rings. The molecule has 2 N–H and O–H groups in total. The van der Waals surface area contributed by atoms with Gasteiger partial charge in [-0.1, -0.05) is 52.2 Å². The third kappa shape index (κ3) is 4.43. The molecule has 2 aromatic heterocycles. The Bertz CT molecular complexity index is 1470. The minimum atomic E-state index is -0.169. The zero-order chi connectivity index (χ0) is 22.9. The number of benzene rings is 2. The number of hydrogen-bond acceptors (Lipinski definition) is 5. The zero-order valence-corrected chi connectivity index (χ0v) is 21.3. The molecule has 2 aromatic carbocycles. The first-order chi connectivity index (χ1) is 16.1. The van der Waals surface area contributed by atoms with Gasteiger partial charge in [0.05, 0.1) is 19.3 Å². The fourth-order valence-corrected chi connectivity index (χ4v) is 5.03. The molecule has 0 bridgehead atoms. The van der Waals surface area contributed by atoms with Gasteiger partial charge in [0.1, 0.15) is 11.0 Å². The van der Waals surface area contributed by atoms with Crippen LogP contribution in [0.1, 0.15) is 25.3 Å². The number of rotatable bonds is 4. The van der Waals surface area contributed by atoms with Crippen molar-refractivity contribution in [1.29, 1.82) is 0 Å². The third-order valence-corrected chi connectivity index (χ3v) is 6.86. The van der Waals surface area contributed by atoms with E-state index in [9.17, 15) is 4.79 Å². The van der Waals surface area contributed by atoms with Crippen molar-refractivity contribution in [3.63, 3.8) is 0 Å². The molecule has 7 nitrogen and oxygen atoms in total. The lowest BCUT2D eigenvalue weighted by Gasteiger charge is -2.31. The molecule has 4 aromatic rings. The van der Waals surface area contributed by atoms with E-state index in [1.54, 1.807) is 13.1 Å². The largest absolute Gasteiger partial charge is 0.341 e. The average molecular weight is 542 g/mol. The number of piperidine rings is 1. The number of halogens is 2. The molecule has 1 atom stereocenters. The Hall–Kier alpha value is -2.86. The van der Waals surface area contributed by atoms with Crippen molar-refractivity contribution >= 4 is 56.1 Å². The van der Waals surface area contributed by atoms with E-state index >= 15 is 0 Å². The second-order valence-electron chi connectivity index (χ2n) is 8.37. The molecule has 9 heteroatoms. The Morgan fingerprint density at radius 3 is 2.76 bits per heavy atom. The summed E-state index contributed by atoms with van der Waals surface area (Å²) in [4.78, 5) is 20.6. The van der Waals surface area contributed by atoms with Crippen LogP contribution in [0.5, 0.6) is 0 Å². The molecule has 1 aliphatic heterocycles. The van der Waals surface area contributed by atoms with Crippen LogP contribution in [0.4, 0.5) is 5.95 Å². The van der Waals surface area contributed by atoms with Crippen LogP contribution in [0.2, 0.25) is 0 Å². The SMILES string of the molecule is CC#CCn1c(N2CCC[C@@H](N)C2)nc2cnn(Cc3ccc(Br)c4ccccc34)c(=O)c21.Cl. The molecular formula is C25H26BrClN6O. The summed E-state index contributed by atoms with van der Waals surface area (Å²) >= 11 is 3.62. The summed E-state index contributed by atoms with van der Waals surface area (Å²) in [7, 11) is 0. The van der Waals surface area contributed by atoms with Gasteiger partial charge in [0.2, 0.25) is 5.95 Å². The summed E-state index contributed by atoms with van der Waals surface area (Å²) in [6, 6.07) is 12.3. The molecule has 0 aliphatic carbocycles. The van der Waals surface area contributed by atoms with Crippen LogP contribution in [0.25, 0.3) is 21.8 Å². The van der Waals surface area contributed by atoms with E-state index in [0.717, 1.165) is 52.7 Å². The van der Waals surface area contributed by atoms with Gasteiger partial charge in [0.25, 0.3) is 5.56 Å². The van der Waals surface area contributed by atoms with Crippen molar-refractivity contribution in [3.05, 3.63) is 63.0 Å². The number of imidazole rings is 1. The van der Waals surface area contributed by atoms with Crippen LogP contribution in [-0.4, -0.2) is 38.5 Å². The van der Waals surface area contributed by atoms with Crippen LogP contribution in [-0.2, 0) is 13.1 Å². The molecule has 1 fully saturated rings. The highest BCUT2D eigenvalue weighted by Gasteiger charge is 2.24. The van der Waals surface area contributed by atoms with Gasteiger partial charge in [-0.15, -0.1) is 18.3 Å². The van der Waals surface area contributed by atoms with Gasteiger partial charge in [0, 0.05) is 23.6 Å². The minimum Gasteiger partial charge on any atom is -0.341 e. The fourth-order valence-electron chi connectivity index (χ4n) is 4.55. The number of nitrogens with zero attached hydrogens (tertiary/aromatic N) is 5. The summed E-state index contributed by atoms with van der Waals surface area (Å²) < 4.78 is 4.46. The van der Waals surface area contributed by atoms with E-state index in [4.69, 9.17) is 10.7 Å². The second kappa shape index (κ2) is 10.2. The van der Waals surface area contributed by atoms with E-state index in [2.05, 4.69) is 49.9 Å². The van der Waals surface area contributed by atoms with Crippen LogP contribution in [0.3, 0.4) is 0 Å². The van der Waals surface area contributed by atoms with E-state index in [1.165, 1.54) is 4.68 Å². The van der Waals surface area contributed by atoms with Crippen LogP contribution in [0, 0.1) is 11.8 Å². The smallest absolute Gasteiger partial charge is 0.293 e. The molecule has 0 saturated carbocycles. The van der Waals surface area contributed by atoms with E-state index in [-0.39, 0.29) is 24.0 Å². The van der Waals surface area contributed by atoms with Gasteiger partial charge >= 0.3 is 0 Å². The Kier molecular flexibility index (Phi) is 7.27. The van der Waals surface area contributed by atoms with Crippen LogP contribution >= 0.6 is 28.3 Å². The quantitative estimate of drug-likeness (QED) is 0.396. The van der Waals surface area contributed by atoms with E-state index in [0.29, 0.717) is 24.1 Å². The first kappa shape index (κ1) is 24.3. The highest BCUT2D eigenvalue weighted by Crippen LogP contribution is 2.27. The zero-order valence-electron chi connectivity index (χ0n) is 18.9. The van der Waals surface area contributed by atoms with Gasteiger partial charge in [-0.2, -0.15) is 5.10 Å². The van der Waals surface area contributed by atoms with E-state index < -0.39 is 0 Å². The monoisotopic (exact) mass is 540 g/mol. The number of anilines is 1. The number of aromatic nitrogens is 4.